The molecule has 2 aliphatic heterocycles. The molecule has 2 aliphatic rings. The van der Waals surface area contributed by atoms with Gasteiger partial charge in [-0.1, -0.05) is 11.8 Å². The highest BCUT2D eigenvalue weighted by Crippen LogP contribution is 2.37. The minimum absolute atomic E-state index is 0.00972. The van der Waals surface area contributed by atoms with Gasteiger partial charge in [0.2, 0.25) is 5.95 Å². The predicted octanol–water partition coefficient (Wildman–Crippen LogP) is 2.96. The van der Waals surface area contributed by atoms with Crippen molar-refractivity contribution in [2.24, 2.45) is 11.8 Å². The Morgan fingerprint density at radius 2 is 2.00 bits per heavy atom. The van der Waals surface area contributed by atoms with Crippen molar-refractivity contribution >= 4 is 29.0 Å². The quantitative estimate of drug-likeness (QED) is 0.673. The molecule has 11 heteroatoms. The van der Waals surface area contributed by atoms with Gasteiger partial charge in [-0.05, 0) is 43.5 Å². The molecule has 29 heavy (non-hydrogen) atoms. The molecule has 0 bridgehead atoms. The minimum Gasteiger partial charge on any atom is -0.342 e. The van der Waals surface area contributed by atoms with Crippen LogP contribution in [0.1, 0.15) is 12.1 Å². The van der Waals surface area contributed by atoms with Crippen molar-refractivity contribution in [2.75, 3.05) is 31.1 Å². The van der Waals surface area contributed by atoms with Crippen molar-refractivity contribution in [2.45, 2.75) is 22.5 Å². The standard InChI is InChI=1S/C18H18F3N7S/c19-18(20,21)14-12(2-1-4-23-14)29-13-7-24-15-16(25-13)27-17(26-15)28-8-10-3-5-22-6-11(10)9-28/h1-2,4,7,10-11,22H,3,5-6,8-9H2,(H,24,25,26,27). The van der Waals surface area contributed by atoms with Gasteiger partial charge in [0.05, 0.1) is 6.20 Å². The largest absolute Gasteiger partial charge is 0.434 e. The number of hydrogen-bond acceptors (Lipinski definition) is 7. The zero-order valence-corrected chi connectivity index (χ0v) is 16.1. The maximum absolute atomic E-state index is 13.2. The first-order valence-corrected chi connectivity index (χ1v) is 10.2. The molecule has 0 aliphatic carbocycles. The molecule has 2 unspecified atom stereocenters. The van der Waals surface area contributed by atoms with E-state index in [1.165, 1.54) is 18.3 Å². The van der Waals surface area contributed by atoms with Gasteiger partial charge >= 0.3 is 6.18 Å². The molecule has 0 spiro atoms. The molecule has 5 heterocycles. The first-order chi connectivity index (χ1) is 14.0. The van der Waals surface area contributed by atoms with Crippen LogP contribution in [0.2, 0.25) is 0 Å². The number of anilines is 1. The third-order valence-corrected chi connectivity index (χ3v) is 6.36. The van der Waals surface area contributed by atoms with E-state index < -0.39 is 11.9 Å². The number of alkyl halides is 3. The highest BCUT2D eigenvalue weighted by Gasteiger charge is 2.36. The van der Waals surface area contributed by atoms with Crippen LogP contribution in [0.25, 0.3) is 11.3 Å². The average molecular weight is 421 g/mol. The Morgan fingerprint density at radius 1 is 1.14 bits per heavy atom. The van der Waals surface area contributed by atoms with Crippen molar-refractivity contribution in [1.82, 2.24) is 30.2 Å². The zero-order valence-electron chi connectivity index (χ0n) is 15.3. The van der Waals surface area contributed by atoms with E-state index in [-0.39, 0.29) is 4.90 Å². The Hall–Kier alpha value is -2.40. The SMILES string of the molecule is FC(F)(F)c1ncccc1Sc1cnc2nc(N3CC4CCNCC4C3)[nH]c2n1. The van der Waals surface area contributed by atoms with Gasteiger partial charge in [0.1, 0.15) is 5.03 Å². The van der Waals surface area contributed by atoms with E-state index in [1.54, 1.807) is 0 Å². The van der Waals surface area contributed by atoms with Crippen molar-refractivity contribution in [3.63, 3.8) is 0 Å². The number of aromatic nitrogens is 5. The number of fused-ring (bicyclic) bond motifs is 2. The molecule has 2 fully saturated rings. The summed E-state index contributed by atoms with van der Waals surface area (Å²) in [5.41, 5.74) is 0.000465. The van der Waals surface area contributed by atoms with Gasteiger partial charge in [0.15, 0.2) is 17.0 Å². The van der Waals surface area contributed by atoms with Crippen LogP contribution in [-0.4, -0.2) is 51.1 Å². The van der Waals surface area contributed by atoms with Gasteiger partial charge < -0.3 is 15.2 Å². The number of hydrogen-bond donors (Lipinski definition) is 2. The van der Waals surface area contributed by atoms with Crippen LogP contribution in [0.4, 0.5) is 19.1 Å². The number of nitrogens with zero attached hydrogens (tertiary/aromatic N) is 5. The summed E-state index contributed by atoms with van der Waals surface area (Å²) < 4.78 is 39.5. The van der Waals surface area contributed by atoms with E-state index in [2.05, 4.69) is 35.1 Å². The van der Waals surface area contributed by atoms with Crippen LogP contribution in [0.15, 0.2) is 34.4 Å². The van der Waals surface area contributed by atoms with Crippen molar-refractivity contribution in [1.29, 1.82) is 0 Å². The summed E-state index contributed by atoms with van der Waals surface area (Å²) in [4.78, 5) is 22.1. The van der Waals surface area contributed by atoms with Gasteiger partial charge in [-0.25, -0.2) is 9.97 Å². The highest BCUT2D eigenvalue weighted by atomic mass is 32.2. The summed E-state index contributed by atoms with van der Waals surface area (Å²) in [5.74, 6) is 1.98. The number of piperidine rings is 1. The summed E-state index contributed by atoms with van der Waals surface area (Å²) in [7, 11) is 0. The lowest BCUT2D eigenvalue weighted by Gasteiger charge is -2.23. The highest BCUT2D eigenvalue weighted by molar-refractivity contribution is 7.99. The molecule has 5 rings (SSSR count). The van der Waals surface area contributed by atoms with Gasteiger partial charge in [0, 0.05) is 24.2 Å². The second kappa shape index (κ2) is 7.13. The first-order valence-electron chi connectivity index (χ1n) is 9.36. The Labute approximate surface area is 168 Å². The van der Waals surface area contributed by atoms with Crippen molar-refractivity contribution in [3.8, 4) is 0 Å². The predicted molar refractivity (Wildman–Crippen MR) is 102 cm³/mol. The first kappa shape index (κ1) is 18.6. The molecule has 0 aromatic carbocycles. The molecule has 0 radical (unpaired) electrons. The number of H-pyrrole nitrogens is 1. The zero-order chi connectivity index (χ0) is 20.0. The van der Waals surface area contributed by atoms with E-state index in [0.717, 1.165) is 50.6 Å². The second-order valence-electron chi connectivity index (χ2n) is 7.31. The monoisotopic (exact) mass is 421 g/mol. The van der Waals surface area contributed by atoms with Crippen molar-refractivity contribution < 1.29 is 13.2 Å². The third kappa shape index (κ3) is 3.64. The van der Waals surface area contributed by atoms with Crippen LogP contribution in [0.3, 0.4) is 0 Å². The molecular formula is C18H18F3N7S. The van der Waals surface area contributed by atoms with E-state index in [0.29, 0.717) is 34.1 Å². The number of nitrogens with one attached hydrogen (secondary N) is 2. The van der Waals surface area contributed by atoms with Crippen LogP contribution in [0.5, 0.6) is 0 Å². The minimum atomic E-state index is -4.52. The fourth-order valence-electron chi connectivity index (χ4n) is 4.01. The summed E-state index contributed by atoms with van der Waals surface area (Å²) in [6.45, 7) is 3.93. The molecule has 0 amide bonds. The van der Waals surface area contributed by atoms with Gasteiger partial charge in [-0.15, -0.1) is 0 Å². The molecule has 2 N–H and O–H groups in total. The van der Waals surface area contributed by atoms with E-state index in [9.17, 15) is 13.2 Å². The summed E-state index contributed by atoms with van der Waals surface area (Å²) >= 11 is 0.888. The lowest BCUT2D eigenvalue weighted by molar-refractivity contribution is -0.143. The Kier molecular flexibility index (Phi) is 4.58. The summed E-state index contributed by atoms with van der Waals surface area (Å²) in [6.07, 6.45) is -0.792. The normalized spacial score (nSPS) is 22.2. The number of imidazole rings is 1. The fraction of sp³-hybridized carbons (Fsp3) is 0.444. The molecule has 2 saturated heterocycles. The van der Waals surface area contributed by atoms with E-state index in [4.69, 9.17) is 0 Å². The van der Waals surface area contributed by atoms with Crippen LogP contribution < -0.4 is 10.2 Å². The smallest absolute Gasteiger partial charge is 0.342 e. The number of aromatic amines is 1. The number of rotatable bonds is 3. The lowest BCUT2D eigenvalue weighted by Crippen LogP contribution is -2.35. The van der Waals surface area contributed by atoms with Crippen LogP contribution >= 0.6 is 11.8 Å². The summed E-state index contributed by atoms with van der Waals surface area (Å²) in [6, 6.07) is 2.85. The third-order valence-electron chi connectivity index (χ3n) is 5.40. The van der Waals surface area contributed by atoms with Gasteiger partial charge in [-0.2, -0.15) is 18.2 Å². The van der Waals surface area contributed by atoms with Gasteiger partial charge in [0.25, 0.3) is 0 Å². The molecule has 3 aromatic rings. The maximum atomic E-state index is 13.2. The molecule has 152 valence electrons. The van der Waals surface area contributed by atoms with E-state index >= 15 is 0 Å². The molecule has 2 atom stereocenters. The van der Waals surface area contributed by atoms with Crippen LogP contribution in [-0.2, 0) is 6.18 Å². The van der Waals surface area contributed by atoms with Gasteiger partial charge in [-0.3, -0.25) is 4.98 Å². The second-order valence-corrected chi connectivity index (χ2v) is 8.37. The van der Waals surface area contributed by atoms with Crippen molar-refractivity contribution in [3.05, 3.63) is 30.2 Å². The number of halogens is 3. The summed E-state index contributed by atoms with van der Waals surface area (Å²) in [5, 5.41) is 3.78. The topological polar surface area (TPSA) is 82.6 Å². The molecule has 0 saturated carbocycles. The van der Waals surface area contributed by atoms with E-state index in [1.807, 2.05) is 0 Å². The molecular weight excluding hydrogens is 403 g/mol. The molecule has 7 nitrogen and oxygen atoms in total. The Morgan fingerprint density at radius 3 is 2.83 bits per heavy atom. The Bertz CT molecular complexity index is 1020. The Balaban J connectivity index is 1.39. The average Bonchev–Trinajstić information content (AvgIpc) is 3.31. The maximum Gasteiger partial charge on any atom is 0.434 e. The molecule has 3 aromatic heterocycles. The lowest BCUT2D eigenvalue weighted by atomic mass is 9.90. The number of pyridine rings is 1. The van der Waals surface area contributed by atoms with Crippen LogP contribution in [0, 0.1) is 11.8 Å². The fourth-order valence-corrected chi connectivity index (χ4v) is 4.89.